The van der Waals surface area contributed by atoms with Crippen LogP contribution < -0.4 is 5.32 Å². The Morgan fingerprint density at radius 3 is 2.30 bits per heavy atom. The molecular weight excluding hydrogens is 430 g/mol. The van der Waals surface area contributed by atoms with Gasteiger partial charge in [-0.15, -0.1) is 0 Å². The van der Waals surface area contributed by atoms with E-state index < -0.39 is 41.8 Å². The van der Waals surface area contributed by atoms with Crippen LogP contribution in [0.2, 0.25) is 0 Å². The Morgan fingerprint density at radius 1 is 1.06 bits per heavy atom. The van der Waals surface area contributed by atoms with Crippen molar-refractivity contribution in [2.75, 3.05) is 20.8 Å². The van der Waals surface area contributed by atoms with Crippen molar-refractivity contribution >= 4 is 6.09 Å². The fraction of sp³-hybridized carbons (Fsp3) is 0.625. The van der Waals surface area contributed by atoms with Crippen LogP contribution in [0.15, 0.2) is 42.2 Å². The first-order valence-electron chi connectivity index (χ1n) is 10.9. The number of ether oxygens (including phenoxy) is 7. The molecule has 184 valence electrons. The van der Waals surface area contributed by atoms with Gasteiger partial charge in [0.1, 0.15) is 11.7 Å². The molecule has 2 heterocycles. The summed E-state index contributed by atoms with van der Waals surface area (Å²) < 4.78 is 41.2. The predicted octanol–water partition coefficient (Wildman–Crippen LogP) is 3.48. The van der Waals surface area contributed by atoms with Crippen molar-refractivity contribution in [2.24, 2.45) is 0 Å². The molecule has 3 rings (SSSR count). The number of fused-ring (bicyclic) bond motifs is 1. The molecule has 9 nitrogen and oxygen atoms in total. The molecule has 2 aliphatic rings. The average Bonchev–Trinajstić information content (AvgIpc) is 2.77. The van der Waals surface area contributed by atoms with Crippen molar-refractivity contribution in [3.63, 3.8) is 0 Å². The minimum Gasteiger partial charge on any atom is -0.469 e. The Bertz CT molecular complexity index is 839. The summed E-state index contributed by atoms with van der Waals surface area (Å²) in [6.45, 7) is 9.33. The highest BCUT2D eigenvalue weighted by Crippen LogP contribution is 2.43. The number of carbonyl (C=O) groups excluding carboxylic acids is 1. The first kappa shape index (κ1) is 25.5. The largest absolute Gasteiger partial charge is 0.469 e. The quantitative estimate of drug-likeness (QED) is 0.654. The molecule has 0 aromatic heterocycles. The van der Waals surface area contributed by atoms with Crippen LogP contribution in [-0.4, -0.2) is 62.5 Å². The molecule has 33 heavy (non-hydrogen) atoms. The number of hydrogen-bond acceptors (Lipinski definition) is 8. The molecule has 0 bridgehead atoms. The third-order valence-electron chi connectivity index (χ3n) is 5.70. The van der Waals surface area contributed by atoms with Gasteiger partial charge in [-0.3, -0.25) is 0 Å². The van der Waals surface area contributed by atoms with Crippen molar-refractivity contribution in [1.29, 1.82) is 0 Å². The third kappa shape index (κ3) is 5.85. The molecule has 1 saturated heterocycles. The van der Waals surface area contributed by atoms with Gasteiger partial charge in [-0.1, -0.05) is 30.3 Å². The summed E-state index contributed by atoms with van der Waals surface area (Å²) in [6, 6.07) is 9.75. The molecule has 9 heteroatoms. The summed E-state index contributed by atoms with van der Waals surface area (Å²) in [5, 5.41) is 2.74. The van der Waals surface area contributed by atoms with Crippen LogP contribution in [0.4, 0.5) is 4.79 Å². The number of nitrogens with one attached hydrogen (secondary N) is 1. The van der Waals surface area contributed by atoms with E-state index in [0.717, 1.165) is 5.56 Å². The van der Waals surface area contributed by atoms with Crippen LogP contribution in [0.25, 0.3) is 0 Å². The SMILES string of the molecule is CO[C@@]1(C)O[C@@H]2[C@H](OCc3ccccc3)OC=C(CNC(=O)OC(C)(C)C)[C@H]2O[C@]1(C)OC. The maximum absolute atomic E-state index is 12.2. The summed E-state index contributed by atoms with van der Waals surface area (Å²) >= 11 is 0. The fourth-order valence-corrected chi connectivity index (χ4v) is 3.61. The van der Waals surface area contributed by atoms with Gasteiger partial charge in [0.15, 0.2) is 6.10 Å². The lowest BCUT2D eigenvalue weighted by molar-refractivity contribution is -0.460. The number of carbonyl (C=O) groups is 1. The van der Waals surface area contributed by atoms with Gasteiger partial charge in [0.05, 0.1) is 12.9 Å². The maximum atomic E-state index is 12.2. The first-order valence-corrected chi connectivity index (χ1v) is 10.9. The molecule has 0 aliphatic carbocycles. The molecule has 0 saturated carbocycles. The zero-order valence-corrected chi connectivity index (χ0v) is 20.4. The molecule has 0 radical (unpaired) electrons. The van der Waals surface area contributed by atoms with Crippen LogP contribution in [-0.2, 0) is 39.8 Å². The van der Waals surface area contributed by atoms with Crippen molar-refractivity contribution < 1.29 is 38.0 Å². The average molecular weight is 466 g/mol. The summed E-state index contributed by atoms with van der Waals surface area (Å²) in [5.41, 5.74) is 1.03. The molecule has 1 N–H and O–H groups in total. The molecule has 2 aliphatic heterocycles. The van der Waals surface area contributed by atoms with E-state index in [1.807, 2.05) is 30.3 Å². The van der Waals surface area contributed by atoms with Crippen molar-refractivity contribution in [3.8, 4) is 0 Å². The second-order valence-corrected chi connectivity index (χ2v) is 9.27. The van der Waals surface area contributed by atoms with Crippen LogP contribution >= 0.6 is 0 Å². The molecule has 1 aromatic carbocycles. The highest BCUT2D eigenvalue weighted by Gasteiger charge is 2.60. The lowest BCUT2D eigenvalue weighted by Gasteiger charge is -2.54. The molecule has 1 aromatic rings. The number of alkyl carbamates (subject to hydrolysis) is 1. The van der Waals surface area contributed by atoms with Gasteiger partial charge >= 0.3 is 6.09 Å². The number of benzene rings is 1. The standard InChI is InChI=1S/C24H35NO8/c1-22(2,3)33-21(26)25-13-17-15-30-20(29-14-16-11-9-8-10-12-16)19-18(17)31-23(4,27-6)24(5,28-7)32-19/h8-12,15,18-20H,13-14H2,1-7H3,(H,25,26)/t18-,19+,20-,23+,24+/m1/s1. The Balaban J connectivity index is 1.79. The second kappa shape index (κ2) is 9.99. The van der Waals surface area contributed by atoms with E-state index in [1.54, 1.807) is 34.6 Å². The molecule has 0 unspecified atom stereocenters. The Kier molecular flexibility index (Phi) is 7.70. The summed E-state index contributed by atoms with van der Waals surface area (Å²) in [7, 11) is 3.04. The van der Waals surface area contributed by atoms with E-state index in [1.165, 1.54) is 20.5 Å². The van der Waals surface area contributed by atoms with E-state index >= 15 is 0 Å². The van der Waals surface area contributed by atoms with Gasteiger partial charge in [0.25, 0.3) is 0 Å². The van der Waals surface area contributed by atoms with Gasteiger partial charge in [-0.25, -0.2) is 4.79 Å². The summed E-state index contributed by atoms with van der Waals surface area (Å²) in [4.78, 5) is 12.2. The van der Waals surface area contributed by atoms with Crippen LogP contribution in [0.5, 0.6) is 0 Å². The molecule has 1 fully saturated rings. The second-order valence-electron chi connectivity index (χ2n) is 9.27. The zero-order valence-electron chi connectivity index (χ0n) is 20.4. The van der Waals surface area contributed by atoms with Crippen molar-refractivity contribution in [2.45, 2.75) is 76.9 Å². The lowest BCUT2D eigenvalue weighted by Crippen LogP contribution is -2.68. The Hall–Kier alpha value is -2.17. The van der Waals surface area contributed by atoms with Gasteiger partial charge in [0.2, 0.25) is 17.9 Å². The highest BCUT2D eigenvalue weighted by molar-refractivity contribution is 5.68. The van der Waals surface area contributed by atoms with Gasteiger partial charge in [-0.05, 0) is 40.2 Å². The fourth-order valence-electron chi connectivity index (χ4n) is 3.61. The highest BCUT2D eigenvalue weighted by atomic mass is 16.8. The Labute approximate surface area is 195 Å². The van der Waals surface area contributed by atoms with E-state index in [-0.39, 0.29) is 6.54 Å². The first-order chi connectivity index (χ1) is 15.5. The molecular formula is C24H35NO8. The smallest absolute Gasteiger partial charge is 0.407 e. The maximum Gasteiger partial charge on any atom is 0.407 e. The van der Waals surface area contributed by atoms with Gasteiger partial charge in [0, 0.05) is 26.3 Å². The minimum atomic E-state index is -1.23. The molecule has 5 atom stereocenters. The summed E-state index contributed by atoms with van der Waals surface area (Å²) in [5.74, 6) is -2.46. The molecule has 1 amide bonds. The van der Waals surface area contributed by atoms with Gasteiger partial charge in [-0.2, -0.15) is 0 Å². The van der Waals surface area contributed by atoms with E-state index in [2.05, 4.69) is 5.32 Å². The van der Waals surface area contributed by atoms with Crippen LogP contribution in [0.3, 0.4) is 0 Å². The number of methoxy groups -OCH3 is 2. The number of rotatable bonds is 7. The Morgan fingerprint density at radius 2 is 1.70 bits per heavy atom. The molecule has 0 spiro atoms. The van der Waals surface area contributed by atoms with Crippen LogP contribution in [0.1, 0.15) is 40.2 Å². The monoisotopic (exact) mass is 465 g/mol. The number of hydrogen-bond donors (Lipinski definition) is 1. The summed E-state index contributed by atoms with van der Waals surface area (Å²) in [6.07, 6.45) is -1.08. The van der Waals surface area contributed by atoms with Crippen LogP contribution in [0, 0.1) is 0 Å². The topological polar surface area (TPSA) is 93.7 Å². The van der Waals surface area contributed by atoms with Crippen molar-refractivity contribution in [1.82, 2.24) is 5.32 Å². The van der Waals surface area contributed by atoms with E-state index in [4.69, 9.17) is 33.2 Å². The normalized spacial score (nSPS) is 31.7. The lowest BCUT2D eigenvalue weighted by atomic mass is 9.97. The van der Waals surface area contributed by atoms with Crippen molar-refractivity contribution in [3.05, 3.63) is 47.7 Å². The zero-order chi connectivity index (χ0) is 24.3. The van der Waals surface area contributed by atoms with E-state index in [9.17, 15) is 4.79 Å². The van der Waals surface area contributed by atoms with Gasteiger partial charge < -0.3 is 38.5 Å². The minimum absolute atomic E-state index is 0.133. The van der Waals surface area contributed by atoms with E-state index in [0.29, 0.717) is 12.2 Å². The predicted molar refractivity (Wildman–Crippen MR) is 119 cm³/mol. The third-order valence-corrected chi connectivity index (χ3v) is 5.70. The number of amides is 1.